The van der Waals surface area contributed by atoms with Gasteiger partial charge < -0.3 is 19.3 Å². The average molecular weight is 386 g/mol. The SMILES string of the molecule is COC(=O)C1(NC(=O)c2ccc(OCc3c(C)noc3C)cc2)CCCCC1. The summed E-state index contributed by atoms with van der Waals surface area (Å²) in [6.45, 7) is 4.05. The summed E-state index contributed by atoms with van der Waals surface area (Å²) in [6.07, 6.45) is 4.05. The minimum Gasteiger partial charge on any atom is -0.489 e. The number of benzene rings is 1. The van der Waals surface area contributed by atoms with Crippen LogP contribution in [-0.2, 0) is 16.1 Å². The molecule has 1 N–H and O–H groups in total. The summed E-state index contributed by atoms with van der Waals surface area (Å²) in [4.78, 5) is 25.0. The van der Waals surface area contributed by atoms with E-state index in [-0.39, 0.29) is 11.9 Å². The zero-order valence-electron chi connectivity index (χ0n) is 16.5. The van der Waals surface area contributed by atoms with Gasteiger partial charge in [-0.15, -0.1) is 0 Å². The van der Waals surface area contributed by atoms with Gasteiger partial charge in [-0.3, -0.25) is 4.79 Å². The molecule has 1 amide bonds. The van der Waals surface area contributed by atoms with Gasteiger partial charge in [-0.2, -0.15) is 0 Å². The molecule has 1 aromatic carbocycles. The fourth-order valence-corrected chi connectivity index (χ4v) is 3.59. The average Bonchev–Trinajstić information content (AvgIpc) is 3.04. The molecule has 0 saturated heterocycles. The third kappa shape index (κ3) is 4.18. The van der Waals surface area contributed by atoms with Gasteiger partial charge in [0.1, 0.15) is 23.7 Å². The van der Waals surface area contributed by atoms with Gasteiger partial charge in [0.15, 0.2) is 0 Å². The first kappa shape index (κ1) is 19.9. The van der Waals surface area contributed by atoms with Gasteiger partial charge in [-0.1, -0.05) is 24.4 Å². The highest BCUT2D eigenvalue weighted by atomic mass is 16.5. The number of rotatable bonds is 6. The van der Waals surface area contributed by atoms with Gasteiger partial charge in [-0.05, 0) is 51.0 Å². The molecular weight excluding hydrogens is 360 g/mol. The molecule has 28 heavy (non-hydrogen) atoms. The first-order chi connectivity index (χ1) is 13.4. The predicted octanol–water partition coefficient (Wildman–Crippen LogP) is 3.48. The molecule has 0 spiro atoms. The number of carbonyl (C=O) groups excluding carboxylic acids is 2. The van der Waals surface area contributed by atoms with Crippen LogP contribution in [0.4, 0.5) is 0 Å². The second-order valence-corrected chi connectivity index (χ2v) is 7.20. The highest BCUT2D eigenvalue weighted by molar-refractivity contribution is 5.98. The summed E-state index contributed by atoms with van der Waals surface area (Å²) >= 11 is 0. The zero-order valence-corrected chi connectivity index (χ0v) is 16.5. The zero-order chi connectivity index (χ0) is 20.1. The molecule has 0 unspecified atom stereocenters. The lowest BCUT2D eigenvalue weighted by Crippen LogP contribution is -2.56. The summed E-state index contributed by atoms with van der Waals surface area (Å²) in [7, 11) is 1.36. The second-order valence-electron chi connectivity index (χ2n) is 7.20. The van der Waals surface area contributed by atoms with Gasteiger partial charge >= 0.3 is 5.97 Å². The van der Waals surface area contributed by atoms with E-state index in [9.17, 15) is 9.59 Å². The van der Waals surface area contributed by atoms with Crippen LogP contribution in [0.2, 0.25) is 0 Å². The van der Waals surface area contributed by atoms with Crippen LogP contribution < -0.4 is 10.1 Å². The van der Waals surface area contributed by atoms with E-state index >= 15 is 0 Å². The Morgan fingerprint density at radius 1 is 1.14 bits per heavy atom. The summed E-state index contributed by atoms with van der Waals surface area (Å²) in [5.74, 6) is 0.704. The number of aryl methyl sites for hydroxylation is 2. The number of nitrogens with zero attached hydrogens (tertiary/aromatic N) is 1. The molecule has 1 heterocycles. The number of amides is 1. The van der Waals surface area contributed by atoms with E-state index in [2.05, 4.69) is 10.5 Å². The lowest BCUT2D eigenvalue weighted by molar-refractivity contribution is -0.149. The van der Waals surface area contributed by atoms with Crippen LogP contribution in [0.1, 0.15) is 59.5 Å². The lowest BCUT2D eigenvalue weighted by Gasteiger charge is -2.35. The van der Waals surface area contributed by atoms with Gasteiger partial charge in [0, 0.05) is 5.56 Å². The lowest BCUT2D eigenvalue weighted by atomic mass is 9.81. The maximum Gasteiger partial charge on any atom is 0.331 e. The van der Waals surface area contributed by atoms with Crippen molar-refractivity contribution in [1.29, 1.82) is 0 Å². The molecule has 1 aliphatic rings. The first-order valence-electron chi connectivity index (χ1n) is 9.51. The first-order valence-corrected chi connectivity index (χ1v) is 9.51. The summed E-state index contributed by atoms with van der Waals surface area (Å²) in [5.41, 5.74) is 1.26. The Morgan fingerprint density at radius 3 is 2.39 bits per heavy atom. The fourth-order valence-electron chi connectivity index (χ4n) is 3.59. The van der Waals surface area contributed by atoms with E-state index in [1.165, 1.54) is 7.11 Å². The van der Waals surface area contributed by atoms with Crippen molar-refractivity contribution in [3.8, 4) is 5.75 Å². The number of carbonyl (C=O) groups is 2. The molecule has 7 nitrogen and oxygen atoms in total. The van der Waals surface area contributed by atoms with E-state index in [1.54, 1.807) is 24.3 Å². The van der Waals surface area contributed by atoms with Crippen molar-refractivity contribution in [3.05, 3.63) is 46.8 Å². The topological polar surface area (TPSA) is 90.7 Å². The Hall–Kier alpha value is -2.83. The molecule has 1 fully saturated rings. The van der Waals surface area contributed by atoms with Crippen molar-refractivity contribution in [3.63, 3.8) is 0 Å². The van der Waals surface area contributed by atoms with Crippen LogP contribution in [0, 0.1) is 13.8 Å². The largest absolute Gasteiger partial charge is 0.489 e. The Bertz CT molecular complexity index is 815. The van der Waals surface area contributed by atoms with Crippen LogP contribution in [0.5, 0.6) is 5.75 Å². The van der Waals surface area contributed by atoms with Crippen molar-refractivity contribution in [2.24, 2.45) is 0 Å². The molecule has 2 aromatic rings. The van der Waals surface area contributed by atoms with Crippen molar-refractivity contribution < 1.29 is 23.6 Å². The monoisotopic (exact) mass is 386 g/mol. The molecule has 0 atom stereocenters. The quantitative estimate of drug-likeness (QED) is 0.765. The van der Waals surface area contributed by atoms with E-state index in [1.807, 2.05) is 13.8 Å². The highest BCUT2D eigenvalue weighted by Gasteiger charge is 2.42. The molecular formula is C21H26N2O5. The number of hydrogen-bond donors (Lipinski definition) is 1. The Labute approximate surface area is 164 Å². The fraction of sp³-hybridized carbons (Fsp3) is 0.476. The third-order valence-corrected chi connectivity index (χ3v) is 5.32. The number of esters is 1. The Kier molecular flexibility index (Phi) is 6.02. The van der Waals surface area contributed by atoms with Gasteiger partial charge in [0.25, 0.3) is 5.91 Å². The number of methoxy groups -OCH3 is 1. The van der Waals surface area contributed by atoms with Gasteiger partial charge in [0.05, 0.1) is 18.4 Å². The van der Waals surface area contributed by atoms with Crippen LogP contribution in [-0.4, -0.2) is 29.7 Å². The standard InChI is InChI=1S/C21H26N2O5/c1-14-18(15(2)28-23-14)13-27-17-9-7-16(8-10-17)19(24)22-21(20(25)26-3)11-5-4-6-12-21/h7-10H,4-6,11-13H2,1-3H3,(H,22,24). The number of aromatic nitrogens is 1. The van der Waals surface area contributed by atoms with Crippen LogP contribution in [0.25, 0.3) is 0 Å². The maximum absolute atomic E-state index is 12.7. The van der Waals surface area contributed by atoms with Crippen molar-refractivity contribution in [1.82, 2.24) is 10.5 Å². The smallest absolute Gasteiger partial charge is 0.331 e. The minimum absolute atomic E-state index is 0.287. The molecule has 1 saturated carbocycles. The van der Waals surface area contributed by atoms with Crippen molar-refractivity contribution in [2.75, 3.05) is 7.11 Å². The molecule has 150 valence electrons. The molecule has 7 heteroatoms. The normalized spacial score (nSPS) is 15.7. The molecule has 1 aliphatic carbocycles. The van der Waals surface area contributed by atoms with Crippen LogP contribution in [0.15, 0.2) is 28.8 Å². The Balaban J connectivity index is 1.65. The molecule has 3 rings (SSSR count). The van der Waals surface area contributed by atoms with Crippen molar-refractivity contribution in [2.45, 2.75) is 58.1 Å². The number of hydrogen-bond acceptors (Lipinski definition) is 6. The summed E-state index contributed by atoms with van der Waals surface area (Å²) in [6, 6.07) is 6.84. The summed E-state index contributed by atoms with van der Waals surface area (Å²) < 4.78 is 15.8. The number of ether oxygens (including phenoxy) is 2. The summed E-state index contributed by atoms with van der Waals surface area (Å²) in [5, 5.41) is 6.82. The van der Waals surface area contributed by atoms with Gasteiger partial charge in [0.2, 0.25) is 0 Å². The molecule has 0 aliphatic heterocycles. The molecule has 1 aromatic heterocycles. The van der Waals surface area contributed by atoms with Crippen LogP contribution >= 0.6 is 0 Å². The van der Waals surface area contributed by atoms with Crippen molar-refractivity contribution >= 4 is 11.9 Å². The maximum atomic E-state index is 12.7. The second kappa shape index (κ2) is 8.46. The van der Waals surface area contributed by atoms with E-state index < -0.39 is 5.54 Å². The van der Waals surface area contributed by atoms with E-state index in [0.29, 0.717) is 30.8 Å². The third-order valence-electron chi connectivity index (χ3n) is 5.32. The predicted molar refractivity (Wildman–Crippen MR) is 102 cm³/mol. The molecule has 0 radical (unpaired) electrons. The highest BCUT2D eigenvalue weighted by Crippen LogP contribution is 2.30. The van der Waals surface area contributed by atoms with Crippen LogP contribution in [0.3, 0.4) is 0 Å². The Morgan fingerprint density at radius 2 is 1.82 bits per heavy atom. The minimum atomic E-state index is -0.928. The van der Waals surface area contributed by atoms with Gasteiger partial charge in [-0.25, -0.2) is 4.79 Å². The van der Waals surface area contributed by atoms with E-state index in [0.717, 1.165) is 36.3 Å². The van der Waals surface area contributed by atoms with E-state index in [4.69, 9.17) is 14.0 Å². The molecule has 0 bridgehead atoms. The number of nitrogens with one attached hydrogen (secondary N) is 1.